The van der Waals surface area contributed by atoms with Crippen LogP contribution in [-0.2, 0) is 11.2 Å². The van der Waals surface area contributed by atoms with Gasteiger partial charge in [0.15, 0.2) is 0 Å². The van der Waals surface area contributed by atoms with Gasteiger partial charge in [0.25, 0.3) is 0 Å². The maximum Gasteiger partial charge on any atom is 0.0778 e. The van der Waals surface area contributed by atoms with Gasteiger partial charge in [-0.25, -0.2) is 0 Å². The van der Waals surface area contributed by atoms with Gasteiger partial charge in [-0.1, -0.05) is 17.7 Å². The van der Waals surface area contributed by atoms with Gasteiger partial charge in [-0.05, 0) is 64.8 Å². The van der Waals surface area contributed by atoms with Crippen LogP contribution in [0.5, 0.6) is 0 Å². The lowest BCUT2D eigenvalue weighted by Crippen LogP contribution is -2.48. The van der Waals surface area contributed by atoms with Crippen LogP contribution in [0.3, 0.4) is 0 Å². The molecule has 1 aromatic rings. The zero-order valence-corrected chi connectivity index (χ0v) is 12.8. The number of hydrogen-bond donors (Lipinski definition) is 1. The van der Waals surface area contributed by atoms with Gasteiger partial charge in [-0.2, -0.15) is 0 Å². The smallest absolute Gasteiger partial charge is 0.0778 e. The summed E-state index contributed by atoms with van der Waals surface area (Å²) < 4.78 is 5.60. The Morgan fingerprint density at radius 3 is 2.06 bits per heavy atom. The summed E-state index contributed by atoms with van der Waals surface area (Å²) in [6, 6.07) is 4.83. The third-order valence-corrected chi connectivity index (χ3v) is 3.96. The SMILES string of the molecule is CNC(Cc1c(C)cc(C)cc1C)C(C)(C)OC. The highest BCUT2D eigenvalue weighted by Crippen LogP contribution is 2.23. The van der Waals surface area contributed by atoms with Gasteiger partial charge >= 0.3 is 0 Å². The number of rotatable bonds is 5. The van der Waals surface area contributed by atoms with Gasteiger partial charge in [-0.3, -0.25) is 0 Å². The Labute approximate surface area is 112 Å². The number of ether oxygens (including phenoxy) is 1. The lowest BCUT2D eigenvalue weighted by Gasteiger charge is -2.33. The third kappa shape index (κ3) is 3.33. The van der Waals surface area contributed by atoms with Crippen molar-refractivity contribution in [2.75, 3.05) is 14.2 Å². The molecular weight excluding hydrogens is 222 g/mol. The van der Waals surface area contributed by atoms with E-state index in [-0.39, 0.29) is 5.60 Å². The summed E-state index contributed by atoms with van der Waals surface area (Å²) in [5.74, 6) is 0. The fourth-order valence-electron chi connectivity index (χ4n) is 2.57. The van der Waals surface area contributed by atoms with Crippen LogP contribution in [0.4, 0.5) is 0 Å². The molecule has 0 saturated carbocycles. The first-order valence-electron chi connectivity index (χ1n) is 6.61. The van der Waals surface area contributed by atoms with Crippen molar-refractivity contribution in [2.45, 2.75) is 52.7 Å². The fourth-order valence-corrected chi connectivity index (χ4v) is 2.57. The summed E-state index contributed by atoms with van der Waals surface area (Å²) in [6.07, 6.45) is 0.995. The minimum absolute atomic E-state index is 0.168. The second-order valence-corrected chi connectivity index (χ2v) is 5.73. The van der Waals surface area contributed by atoms with Crippen molar-refractivity contribution in [2.24, 2.45) is 0 Å². The van der Waals surface area contributed by atoms with Crippen LogP contribution < -0.4 is 5.32 Å². The molecule has 102 valence electrons. The van der Waals surface area contributed by atoms with Crippen LogP contribution in [0.15, 0.2) is 12.1 Å². The van der Waals surface area contributed by atoms with Gasteiger partial charge in [0, 0.05) is 13.2 Å². The minimum Gasteiger partial charge on any atom is -0.377 e. The van der Waals surface area contributed by atoms with Crippen molar-refractivity contribution in [3.8, 4) is 0 Å². The molecule has 0 heterocycles. The summed E-state index contributed by atoms with van der Waals surface area (Å²) in [5.41, 5.74) is 5.35. The molecule has 0 radical (unpaired) electrons. The summed E-state index contributed by atoms with van der Waals surface area (Å²) >= 11 is 0. The second-order valence-electron chi connectivity index (χ2n) is 5.73. The molecule has 18 heavy (non-hydrogen) atoms. The average molecular weight is 249 g/mol. The number of benzene rings is 1. The van der Waals surface area contributed by atoms with Gasteiger partial charge in [-0.15, -0.1) is 0 Å². The Morgan fingerprint density at radius 2 is 1.67 bits per heavy atom. The van der Waals surface area contributed by atoms with E-state index < -0.39 is 0 Å². The van der Waals surface area contributed by atoms with Crippen LogP contribution in [0.1, 0.15) is 36.1 Å². The predicted octanol–water partition coefficient (Wildman–Crippen LogP) is 3.17. The lowest BCUT2D eigenvalue weighted by atomic mass is 9.88. The van der Waals surface area contributed by atoms with E-state index in [1.165, 1.54) is 22.3 Å². The van der Waals surface area contributed by atoms with E-state index >= 15 is 0 Å². The Morgan fingerprint density at radius 1 is 1.17 bits per heavy atom. The monoisotopic (exact) mass is 249 g/mol. The highest BCUT2D eigenvalue weighted by atomic mass is 16.5. The maximum absolute atomic E-state index is 5.60. The topological polar surface area (TPSA) is 21.3 Å². The lowest BCUT2D eigenvalue weighted by molar-refractivity contribution is -0.00803. The second kappa shape index (κ2) is 5.85. The van der Waals surface area contributed by atoms with E-state index in [4.69, 9.17) is 4.74 Å². The molecule has 0 saturated heterocycles. The number of nitrogens with one attached hydrogen (secondary N) is 1. The molecule has 0 fully saturated rings. The summed E-state index contributed by atoms with van der Waals surface area (Å²) in [6.45, 7) is 10.8. The van der Waals surface area contributed by atoms with Crippen LogP contribution in [0.25, 0.3) is 0 Å². The molecule has 2 nitrogen and oxygen atoms in total. The number of aryl methyl sites for hydroxylation is 3. The van der Waals surface area contributed by atoms with Crippen molar-refractivity contribution in [3.05, 3.63) is 34.4 Å². The minimum atomic E-state index is -0.168. The van der Waals surface area contributed by atoms with Crippen molar-refractivity contribution in [3.63, 3.8) is 0 Å². The highest BCUT2D eigenvalue weighted by molar-refractivity contribution is 5.38. The van der Waals surface area contributed by atoms with E-state index in [9.17, 15) is 0 Å². The quantitative estimate of drug-likeness (QED) is 0.865. The zero-order valence-electron chi connectivity index (χ0n) is 12.8. The molecule has 0 spiro atoms. The van der Waals surface area contributed by atoms with Crippen molar-refractivity contribution in [1.29, 1.82) is 0 Å². The van der Waals surface area contributed by atoms with Crippen molar-refractivity contribution in [1.82, 2.24) is 5.32 Å². The summed E-state index contributed by atoms with van der Waals surface area (Å²) in [5, 5.41) is 3.39. The Kier molecular flexibility index (Phi) is 4.94. The molecule has 0 aliphatic carbocycles. The predicted molar refractivity (Wildman–Crippen MR) is 78.3 cm³/mol. The van der Waals surface area contributed by atoms with Crippen molar-refractivity contribution >= 4 is 0 Å². The molecule has 0 amide bonds. The molecule has 1 N–H and O–H groups in total. The molecule has 0 aliphatic heterocycles. The third-order valence-electron chi connectivity index (χ3n) is 3.96. The summed E-state index contributed by atoms with van der Waals surface area (Å²) in [4.78, 5) is 0. The Bertz CT molecular complexity index is 387. The van der Waals surface area contributed by atoms with Gasteiger partial charge in [0.2, 0.25) is 0 Å². The first kappa shape index (κ1) is 15.2. The molecule has 0 aromatic heterocycles. The van der Waals surface area contributed by atoms with Gasteiger partial charge in [0.1, 0.15) is 0 Å². The number of methoxy groups -OCH3 is 1. The van der Waals surface area contributed by atoms with Crippen LogP contribution >= 0.6 is 0 Å². The molecule has 1 aromatic carbocycles. The molecule has 0 bridgehead atoms. The number of likely N-dealkylation sites (N-methyl/N-ethyl adjacent to an activating group) is 1. The molecule has 1 rings (SSSR count). The van der Waals surface area contributed by atoms with E-state index in [0.29, 0.717) is 6.04 Å². The molecule has 0 aliphatic rings. The van der Waals surface area contributed by atoms with E-state index in [2.05, 4.69) is 52.1 Å². The first-order chi connectivity index (χ1) is 8.31. The summed E-state index contributed by atoms with van der Waals surface area (Å²) in [7, 11) is 3.78. The van der Waals surface area contributed by atoms with Gasteiger partial charge < -0.3 is 10.1 Å². The van der Waals surface area contributed by atoms with Crippen LogP contribution in [0, 0.1) is 20.8 Å². The maximum atomic E-state index is 5.60. The highest BCUT2D eigenvalue weighted by Gasteiger charge is 2.28. The Hall–Kier alpha value is -0.860. The van der Waals surface area contributed by atoms with Crippen molar-refractivity contribution < 1.29 is 4.74 Å². The largest absolute Gasteiger partial charge is 0.377 e. The van der Waals surface area contributed by atoms with Crippen LogP contribution in [0.2, 0.25) is 0 Å². The van der Waals surface area contributed by atoms with Crippen LogP contribution in [-0.4, -0.2) is 25.8 Å². The first-order valence-corrected chi connectivity index (χ1v) is 6.61. The molecular formula is C16H27NO. The molecule has 1 unspecified atom stereocenters. The average Bonchev–Trinajstić information content (AvgIpc) is 2.27. The van der Waals surface area contributed by atoms with E-state index in [1.54, 1.807) is 7.11 Å². The normalized spacial score (nSPS) is 13.7. The van der Waals surface area contributed by atoms with E-state index in [0.717, 1.165) is 6.42 Å². The fraction of sp³-hybridized carbons (Fsp3) is 0.625. The molecule has 1 atom stereocenters. The Balaban J connectivity index is 3.03. The number of hydrogen-bond acceptors (Lipinski definition) is 2. The van der Waals surface area contributed by atoms with E-state index in [1.807, 2.05) is 7.05 Å². The zero-order chi connectivity index (χ0) is 13.9. The van der Waals surface area contributed by atoms with Gasteiger partial charge in [0.05, 0.1) is 5.60 Å². The standard InChI is InChI=1S/C16H27NO/c1-11-8-12(2)14(13(3)9-11)10-15(17-6)16(4,5)18-7/h8-9,15,17H,10H2,1-7H3. The molecule has 2 heteroatoms.